The summed E-state index contributed by atoms with van der Waals surface area (Å²) >= 11 is 0. The second-order valence-corrected chi connectivity index (χ2v) is 9.06. The van der Waals surface area contributed by atoms with E-state index in [-0.39, 0.29) is 25.4 Å². The predicted molar refractivity (Wildman–Crippen MR) is 132 cm³/mol. The van der Waals surface area contributed by atoms with Gasteiger partial charge in [-0.25, -0.2) is 9.97 Å². The molecule has 2 aromatic rings. The maximum absolute atomic E-state index is 12.6. The molecule has 1 fully saturated rings. The monoisotopic (exact) mass is 512 g/mol. The topological polar surface area (TPSA) is 92.3 Å². The van der Waals surface area contributed by atoms with Crippen LogP contribution in [0, 0.1) is 18.8 Å². The lowest BCUT2D eigenvalue weighted by Gasteiger charge is -2.33. The van der Waals surface area contributed by atoms with Crippen molar-refractivity contribution in [3.8, 4) is 5.75 Å². The fraction of sp³-hybridized carbons (Fsp3) is 0.565. The molecule has 8 nitrogen and oxygen atoms in total. The van der Waals surface area contributed by atoms with Crippen LogP contribution in [-0.2, 0) is 11.0 Å². The molecule has 35 heavy (non-hydrogen) atoms. The van der Waals surface area contributed by atoms with Crippen molar-refractivity contribution in [1.82, 2.24) is 15.0 Å². The number of likely N-dealkylation sites (N-methyl/N-ethyl adjacent to an activating group) is 1. The van der Waals surface area contributed by atoms with Gasteiger partial charge in [-0.3, -0.25) is 4.79 Å². The number of nitrogens with one attached hydrogen (secondary N) is 2. The molecule has 0 spiro atoms. The number of ether oxygens (including phenoxy) is 1. The first-order valence-corrected chi connectivity index (χ1v) is 11.4. The van der Waals surface area contributed by atoms with Gasteiger partial charge in [0.2, 0.25) is 11.9 Å². The van der Waals surface area contributed by atoms with E-state index in [9.17, 15) is 18.0 Å². The van der Waals surface area contributed by atoms with Gasteiger partial charge in [-0.15, -0.1) is 0 Å². The summed E-state index contributed by atoms with van der Waals surface area (Å²) in [5, 5.41) is 6.23. The second-order valence-electron chi connectivity index (χ2n) is 9.06. The van der Waals surface area contributed by atoms with Crippen LogP contribution in [0.5, 0.6) is 5.75 Å². The smallest absolute Gasteiger partial charge is 0.433 e. The Morgan fingerprint density at radius 2 is 1.86 bits per heavy atom. The van der Waals surface area contributed by atoms with Gasteiger partial charge in [-0.1, -0.05) is 0 Å². The normalized spacial score (nSPS) is 22.1. The molecule has 2 N–H and O–H groups in total. The van der Waals surface area contributed by atoms with Crippen LogP contribution >= 0.6 is 13.5 Å². The van der Waals surface area contributed by atoms with Gasteiger partial charge < -0.3 is 20.3 Å². The first kappa shape index (κ1) is 26.8. The Hall–Kier alpha value is -2.76. The molecule has 12 heteroatoms. The lowest BCUT2D eigenvalue weighted by molar-refractivity contribution is -0.141. The molecule has 2 aromatic heterocycles. The molecule has 0 radical (unpaired) electrons. The van der Waals surface area contributed by atoms with Gasteiger partial charge in [0.1, 0.15) is 23.2 Å². The van der Waals surface area contributed by atoms with Crippen LogP contribution in [0.2, 0.25) is 0 Å². The summed E-state index contributed by atoms with van der Waals surface area (Å²) in [5.74, 6) is 2.37. The van der Waals surface area contributed by atoms with Crippen molar-refractivity contribution < 1.29 is 22.7 Å². The van der Waals surface area contributed by atoms with Crippen LogP contribution in [0.1, 0.15) is 44.0 Å². The quantitative estimate of drug-likeness (QED) is 0.593. The molecule has 4 rings (SSSR count). The second kappa shape index (κ2) is 10.9. The minimum absolute atomic E-state index is 0. The van der Waals surface area contributed by atoms with Crippen LogP contribution in [0.4, 0.5) is 30.6 Å². The zero-order chi connectivity index (χ0) is 24.5. The number of alkyl halides is 3. The standard InChI is InChI=1S/C23H29F3N6O2.H2S/c1-13-19-20(32(3)14(2)21(33)30-19)31-22(29-13)28-10-15-4-6-16(7-5-15)12-34-17-8-9-18(27-11-17)23(24,25)26;/h8-9,11,14-16H,4-7,10,12H2,1-3H3,(H,30,33)(H,28,29,31);1H2/t14-,15?,16?;/m0./s1. The molecule has 1 atom stereocenters. The summed E-state index contributed by atoms with van der Waals surface area (Å²) in [5.41, 5.74) is 0.454. The summed E-state index contributed by atoms with van der Waals surface area (Å²) in [6, 6.07) is 1.95. The summed E-state index contributed by atoms with van der Waals surface area (Å²) in [6.07, 6.45) is 0.681. The van der Waals surface area contributed by atoms with Gasteiger partial charge >= 0.3 is 6.18 Å². The molecule has 0 aromatic carbocycles. The van der Waals surface area contributed by atoms with Crippen LogP contribution in [0.25, 0.3) is 0 Å². The summed E-state index contributed by atoms with van der Waals surface area (Å²) < 4.78 is 43.5. The highest BCUT2D eigenvalue weighted by molar-refractivity contribution is 7.59. The summed E-state index contributed by atoms with van der Waals surface area (Å²) in [6.45, 7) is 4.91. The highest BCUT2D eigenvalue weighted by atomic mass is 32.1. The van der Waals surface area contributed by atoms with Gasteiger partial charge in [-0.2, -0.15) is 31.7 Å². The number of nitrogens with zero attached hydrogens (tertiary/aromatic N) is 4. The molecule has 2 aliphatic rings. The Balaban J connectivity index is 0.00000342. The maximum atomic E-state index is 12.6. The predicted octanol–water partition coefficient (Wildman–Crippen LogP) is 4.39. The molecule has 1 saturated carbocycles. The van der Waals surface area contributed by atoms with E-state index in [0.717, 1.165) is 50.2 Å². The molecule has 1 aliphatic heterocycles. The molecule has 3 heterocycles. The van der Waals surface area contributed by atoms with Crippen LogP contribution < -0.4 is 20.3 Å². The van der Waals surface area contributed by atoms with Crippen LogP contribution in [-0.4, -0.2) is 47.1 Å². The van der Waals surface area contributed by atoms with Gasteiger partial charge in [0.25, 0.3) is 0 Å². The number of aromatic nitrogens is 3. The van der Waals surface area contributed by atoms with Crippen molar-refractivity contribution in [3.63, 3.8) is 0 Å². The van der Waals surface area contributed by atoms with E-state index in [2.05, 4.69) is 25.6 Å². The average molecular weight is 513 g/mol. The largest absolute Gasteiger partial charge is 0.492 e. The number of carbonyl (C=O) groups excluding carboxylic acids is 1. The van der Waals surface area contributed by atoms with Crippen molar-refractivity contribution >= 4 is 36.9 Å². The van der Waals surface area contributed by atoms with Gasteiger partial charge in [0.15, 0.2) is 5.82 Å². The molecule has 0 saturated heterocycles. The van der Waals surface area contributed by atoms with Gasteiger partial charge in [-0.05, 0) is 63.5 Å². The Morgan fingerprint density at radius 3 is 2.49 bits per heavy atom. The van der Waals surface area contributed by atoms with E-state index < -0.39 is 11.9 Å². The average Bonchev–Trinajstić information content (AvgIpc) is 2.81. The number of hydrogen-bond donors (Lipinski definition) is 2. The molecule has 1 aliphatic carbocycles. The first-order chi connectivity index (χ1) is 16.1. The van der Waals surface area contributed by atoms with Crippen LogP contribution in [0.3, 0.4) is 0 Å². The third kappa shape index (κ3) is 6.28. The minimum atomic E-state index is -4.45. The Labute approximate surface area is 209 Å². The first-order valence-electron chi connectivity index (χ1n) is 11.4. The Bertz CT molecular complexity index is 1030. The number of fused-ring (bicyclic) bond motifs is 1. The molecule has 0 bridgehead atoms. The number of anilines is 3. The van der Waals surface area contributed by atoms with E-state index in [4.69, 9.17) is 4.74 Å². The van der Waals surface area contributed by atoms with E-state index in [0.29, 0.717) is 41.6 Å². The summed E-state index contributed by atoms with van der Waals surface area (Å²) in [7, 11) is 1.85. The van der Waals surface area contributed by atoms with E-state index in [1.807, 2.05) is 25.8 Å². The van der Waals surface area contributed by atoms with Crippen molar-refractivity contribution in [2.24, 2.45) is 11.8 Å². The lowest BCUT2D eigenvalue weighted by Crippen LogP contribution is -2.44. The van der Waals surface area contributed by atoms with Gasteiger partial charge in [0, 0.05) is 13.6 Å². The maximum Gasteiger partial charge on any atom is 0.433 e. The van der Waals surface area contributed by atoms with E-state index in [1.165, 1.54) is 6.07 Å². The van der Waals surface area contributed by atoms with Crippen molar-refractivity contribution in [2.45, 2.75) is 51.7 Å². The SMILES string of the molecule is Cc1nc(NCC2CCC(COc3ccc(C(F)(F)F)nc3)CC2)nc2c1NC(=O)[C@H](C)N2C.S. The Kier molecular flexibility index (Phi) is 8.34. The number of carbonyl (C=O) groups is 1. The third-order valence-corrected chi connectivity index (χ3v) is 6.64. The summed E-state index contributed by atoms with van der Waals surface area (Å²) in [4.78, 5) is 26.5. The number of amides is 1. The van der Waals surface area contributed by atoms with Gasteiger partial charge in [0.05, 0.1) is 18.5 Å². The van der Waals surface area contributed by atoms with Crippen molar-refractivity contribution in [3.05, 3.63) is 29.7 Å². The number of aryl methyl sites for hydroxylation is 1. The molecule has 192 valence electrons. The number of rotatable bonds is 6. The lowest BCUT2D eigenvalue weighted by atomic mass is 9.82. The number of halogens is 3. The zero-order valence-corrected chi connectivity index (χ0v) is 20.9. The number of pyridine rings is 1. The highest BCUT2D eigenvalue weighted by Crippen LogP contribution is 2.33. The molecular weight excluding hydrogens is 481 g/mol. The van der Waals surface area contributed by atoms with E-state index >= 15 is 0 Å². The van der Waals surface area contributed by atoms with E-state index in [1.54, 1.807) is 0 Å². The third-order valence-electron chi connectivity index (χ3n) is 6.64. The van der Waals surface area contributed by atoms with Crippen LogP contribution in [0.15, 0.2) is 18.3 Å². The fourth-order valence-corrected chi connectivity index (χ4v) is 4.31. The van der Waals surface area contributed by atoms with Crippen molar-refractivity contribution in [1.29, 1.82) is 0 Å². The Morgan fingerprint density at radius 1 is 1.17 bits per heavy atom. The fourth-order valence-electron chi connectivity index (χ4n) is 4.31. The molecule has 0 unspecified atom stereocenters. The number of hydrogen-bond acceptors (Lipinski definition) is 7. The molecule has 1 amide bonds. The zero-order valence-electron chi connectivity index (χ0n) is 19.9. The van der Waals surface area contributed by atoms with Crippen molar-refractivity contribution in [2.75, 3.05) is 35.7 Å². The highest BCUT2D eigenvalue weighted by Gasteiger charge is 2.32. The molecular formula is C23H31F3N6O2S. The minimum Gasteiger partial charge on any atom is -0.492 e.